The van der Waals surface area contributed by atoms with Crippen molar-refractivity contribution in [2.24, 2.45) is 23.2 Å². The molecule has 0 unspecified atom stereocenters. The van der Waals surface area contributed by atoms with Crippen molar-refractivity contribution in [1.29, 1.82) is 0 Å². The van der Waals surface area contributed by atoms with E-state index in [-0.39, 0.29) is 0 Å². The van der Waals surface area contributed by atoms with Crippen LogP contribution in [0.4, 0.5) is 22.0 Å². The number of hydrogen-bond donors (Lipinski definition) is 2. The smallest absolute Gasteiger partial charge is 0.290 e. The van der Waals surface area contributed by atoms with Crippen LogP contribution in [0.3, 0.4) is 0 Å². The Morgan fingerprint density at radius 2 is 1.36 bits per heavy atom. The second kappa shape index (κ2) is 6.56. The van der Waals surface area contributed by atoms with Crippen molar-refractivity contribution in [3.8, 4) is 0 Å². The van der Waals surface area contributed by atoms with Crippen molar-refractivity contribution < 1.29 is 31.5 Å². The standard InChI is InChI=1S/C14H17F5N2O2S2/c15-13(16,24-21-25-14(17,18)19)11(23)20-10(22)12-4-7-1-8(5-12)3-9(2-7)6-12/h7-9,21H,1-6H2,(H,20,22,23). The van der Waals surface area contributed by atoms with E-state index >= 15 is 0 Å². The van der Waals surface area contributed by atoms with Gasteiger partial charge in [-0.2, -0.15) is 26.1 Å². The molecule has 2 N–H and O–H groups in total. The number of carbonyl (C=O) groups excluding carboxylic acids is 2. The van der Waals surface area contributed by atoms with E-state index in [1.54, 1.807) is 5.32 Å². The Hall–Kier alpha value is -0.550. The van der Waals surface area contributed by atoms with Crippen molar-refractivity contribution in [1.82, 2.24) is 9.44 Å². The van der Waals surface area contributed by atoms with Crippen LogP contribution in [0.5, 0.6) is 0 Å². The van der Waals surface area contributed by atoms with E-state index < -0.39 is 51.9 Å². The van der Waals surface area contributed by atoms with Gasteiger partial charge in [-0.05, 0) is 56.3 Å². The molecule has 4 aliphatic rings. The molecule has 0 saturated heterocycles. The summed E-state index contributed by atoms with van der Waals surface area (Å²) in [5.74, 6) is -1.40. The van der Waals surface area contributed by atoms with Crippen LogP contribution in [-0.2, 0) is 9.59 Å². The fourth-order valence-electron chi connectivity index (χ4n) is 4.86. The van der Waals surface area contributed by atoms with Gasteiger partial charge in [0.2, 0.25) is 5.91 Å². The lowest BCUT2D eigenvalue weighted by molar-refractivity contribution is -0.153. The number of rotatable bonds is 5. The molecule has 0 aliphatic heterocycles. The molecule has 0 heterocycles. The Morgan fingerprint density at radius 1 is 0.880 bits per heavy atom. The molecular formula is C14H17F5N2O2S2. The molecule has 0 atom stereocenters. The maximum Gasteiger partial charge on any atom is 0.456 e. The van der Waals surface area contributed by atoms with Gasteiger partial charge in [-0.25, -0.2) is 0 Å². The first kappa shape index (κ1) is 19.2. The van der Waals surface area contributed by atoms with E-state index in [2.05, 4.69) is 0 Å². The number of nitrogens with one attached hydrogen (secondary N) is 2. The molecule has 25 heavy (non-hydrogen) atoms. The Kier molecular flexibility index (Phi) is 5.04. The molecule has 4 aliphatic carbocycles. The number of alkyl halides is 5. The molecule has 4 fully saturated rings. The molecule has 0 spiro atoms. The van der Waals surface area contributed by atoms with Gasteiger partial charge in [0.1, 0.15) is 0 Å². The SMILES string of the molecule is O=C(NC(=O)C(F)(F)SNSC(F)(F)F)C12CC3CC(CC(C3)C1)C2. The monoisotopic (exact) mass is 404 g/mol. The minimum atomic E-state index is -4.76. The average molecular weight is 404 g/mol. The zero-order valence-electron chi connectivity index (χ0n) is 13.0. The van der Waals surface area contributed by atoms with E-state index in [1.807, 2.05) is 0 Å². The summed E-state index contributed by atoms with van der Waals surface area (Å²) in [6.45, 7) is 0. The van der Waals surface area contributed by atoms with Crippen LogP contribution in [-0.4, -0.2) is 22.6 Å². The first-order valence-corrected chi connectivity index (χ1v) is 9.54. The third-order valence-corrected chi connectivity index (χ3v) is 6.68. The number of amides is 2. The number of hydrogen-bond acceptors (Lipinski definition) is 5. The molecule has 4 nitrogen and oxygen atoms in total. The van der Waals surface area contributed by atoms with Crippen LogP contribution >= 0.6 is 23.9 Å². The maximum atomic E-state index is 13.7. The third kappa shape index (κ3) is 4.24. The van der Waals surface area contributed by atoms with E-state index in [0.717, 1.165) is 19.3 Å². The van der Waals surface area contributed by atoms with E-state index in [4.69, 9.17) is 0 Å². The predicted molar refractivity (Wildman–Crippen MR) is 83.1 cm³/mol. The number of halogens is 5. The molecule has 0 radical (unpaired) electrons. The summed E-state index contributed by atoms with van der Waals surface area (Å²) >= 11 is -1.56. The fraction of sp³-hybridized carbons (Fsp3) is 0.857. The topological polar surface area (TPSA) is 58.2 Å². The summed E-state index contributed by atoms with van der Waals surface area (Å²) in [4.78, 5) is 24.2. The summed E-state index contributed by atoms with van der Waals surface area (Å²) in [6, 6.07) is 0. The summed E-state index contributed by atoms with van der Waals surface area (Å²) < 4.78 is 64.6. The van der Waals surface area contributed by atoms with Crippen LogP contribution in [0, 0.1) is 23.2 Å². The minimum Gasteiger partial charge on any atom is -0.290 e. The molecule has 0 aromatic heterocycles. The van der Waals surface area contributed by atoms with Crippen LogP contribution < -0.4 is 9.44 Å². The Bertz CT molecular complexity index is 535. The molecule has 0 aromatic rings. The fourth-order valence-corrected chi connectivity index (χ4v) is 5.97. The molecule has 4 rings (SSSR count). The maximum absolute atomic E-state index is 13.7. The number of imide groups is 1. The summed E-state index contributed by atoms with van der Waals surface area (Å²) in [5.41, 5.74) is -5.53. The molecular weight excluding hydrogens is 387 g/mol. The van der Waals surface area contributed by atoms with Crippen molar-refractivity contribution in [2.75, 3.05) is 0 Å². The Labute approximate surface area is 149 Å². The highest BCUT2D eigenvalue weighted by Crippen LogP contribution is 2.60. The Balaban J connectivity index is 1.58. The van der Waals surface area contributed by atoms with Gasteiger partial charge in [-0.3, -0.25) is 14.9 Å². The second-order valence-corrected chi connectivity index (χ2v) is 9.28. The quantitative estimate of drug-likeness (QED) is 0.539. The van der Waals surface area contributed by atoms with Gasteiger partial charge in [0, 0.05) is 23.9 Å². The van der Waals surface area contributed by atoms with Crippen molar-refractivity contribution in [2.45, 2.75) is 49.3 Å². The molecule has 4 saturated carbocycles. The number of carbonyl (C=O) groups is 2. The highest BCUT2D eigenvalue weighted by Gasteiger charge is 2.55. The van der Waals surface area contributed by atoms with Crippen LogP contribution in [0.15, 0.2) is 0 Å². The first-order valence-electron chi connectivity index (χ1n) is 7.90. The predicted octanol–water partition coefficient (Wildman–Crippen LogP) is 3.84. The van der Waals surface area contributed by atoms with Gasteiger partial charge in [0.15, 0.2) is 0 Å². The third-order valence-electron chi connectivity index (χ3n) is 5.34. The van der Waals surface area contributed by atoms with Crippen molar-refractivity contribution >= 4 is 35.7 Å². The zero-order valence-corrected chi connectivity index (χ0v) is 14.6. The lowest BCUT2D eigenvalue weighted by Crippen LogP contribution is -2.56. The van der Waals surface area contributed by atoms with E-state index in [1.165, 1.54) is 4.13 Å². The van der Waals surface area contributed by atoms with Crippen molar-refractivity contribution in [3.63, 3.8) is 0 Å². The van der Waals surface area contributed by atoms with Crippen LogP contribution in [0.25, 0.3) is 0 Å². The highest BCUT2D eigenvalue weighted by molar-refractivity contribution is 8.13. The molecule has 0 aromatic carbocycles. The normalized spacial score (nSPS) is 34.2. The average Bonchev–Trinajstić information content (AvgIpc) is 2.43. The van der Waals surface area contributed by atoms with Gasteiger partial charge < -0.3 is 0 Å². The largest absolute Gasteiger partial charge is 0.456 e. The van der Waals surface area contributed by atoms with Gasteiger partial charge in [-0.1, -0.05) is 0 Å². The van der Waals surface area contributed by atoms with Crippen LogP contribution in [0.1, 0.15) is 38.5 Å². The van der Waals surface area contributed by atoms with Gasteiger partial charge in [0.05, 0.1) is 5.41 Å². The Morgan fingerprint density at radius 3 is 1.80 bits per heavy atom. The lowest BCUT2D eigenvalue weighted by Gasteiger charge is -2.55. The van der Waals surface area contributed by atoms with Gasteiger partial charge >= 0.3 is 16.7 Å². The van der Waals surface area contributed by atoms with E-state index in [0.29, 0.717) is 37.0 Å². The summed E-state index contributed by atoms with van der Waals surface area (Å²) in [6.07, 6.45) is 4.93. The second-order valence-electron chi connectivity index (χ2n) is 7.23. The summed E-state index contributed by atoms with van der Waals surface area (Å²) in [7, 11) is 0. The van der Waals surface area contributed by atoms with Crippen LogP contribution in [0.2, 0.25) is 0 Å². The molecule has 2 amide bonds. The van der Waals surface area contributed by atoms with Crippen molar-refractivity contribution in [3.05, 3.63) is 0 Å². The highest BCUT2D eigenvalue weighted by atomic mass is 32.2. The lowest BCUT2D eigenvalue weighted by atomic mass is 9.49. The molecule has 4 bridgehead atoms. The minimum absolute atomic E-state index is 0.395. The first-order chi connectivity index (χ1) is 11.5. The summed E-state index contributed by atoms with van der Waals surface area (Å²) in [5, 5.41) is -2.44. The van der Waals surface area contributed by atoms with Gasteiger partial charge in [0.25, 0.3) is 0 Å². The molecule has 142 valence electrons. The zero-order chi connectivity index (χ0) is 18.5. The van der Waals surface area contributed by atoms with E-state index in [9.17, 15) is 31.5 Å². The molecule has 11 heteroatoms. The van der Waals surface area contributed by atoms with Gasteiger partial charge in [-0.15, -0.1) is 0 Å².